The standard InChI is InChI=1S/C11H9FN2O/c12-9-4-10(11(7-15)14-6-9)8-2-1-3-13-5-8/h1-6,15H,7H2. The van der Waals surface area contributed by atoms with Crippen LogP contribution in [-0.2, 0) is 6.61 Å². The lowest BCUT2D eigenvalue weighted by atomic mass is 10.1. The molecule has 0 fully saturated rings. The number of aliphatic hydroxyl groups excluding tert-OH is 1. The van der Waals surface area contributed by atoms with Crippen LogP contribution < -0.4 is 0 Å². The van der Waals surface area contributed by atoms with E-state index in [0.29, 0.717) is 11.3 Å². The first kappa shape index (κ1) is 9.73. The van der Waals surface area contributed by atoms with Gasteiger partial charge in [-0.05, 0) is 12.1 Å². The minimum Gasteiger partial charge on any atom is -0.390 e. The van der Waals surface area contributed by atoms with Gasteiger partial charge in [0.05, 0.1) is 18.5 Å². The van der Waals surface area contributed by atoms with Gasteiger partial charge in [0.1, 0.15) is 5.82 Å². The van der Waals surface area contributed by atoms with E-state index in [-0.39, 0.29) is 6.61 Å². The van der Waals surface area contributed by atoms with Gasteiger partial charge in [-0.1, -0.05) is 6.07 Å². The van der Waals surface area contributed by atoms with Crippen LogP contribution in [-0.4, -0.2) is 15.1 Å². The topological polar surface area (TPSA) is 46.0 Å². The second-order valence-corrected chi connectivity index (χ2v) is 3.05. The van der Waals surface area contributed by atoms with Crippen molar-refractivity contribution in [1.29, 1.82) is 0 Å². The fraction of sp³-hybridized carbons (Fsp3) is 0.0909. The first-order chi connectivity index (χ1) is 7.31. The van der Waals surface area contributed by atoms with Crippen molar-refractivity contribution in [1.82, 2.24) is 9.97 Å². The minimum atomic E-state index is -0.425. The van der Waals surface area contributed by atoms with Gasteiger partial charge in [-0.3, -0.25) is 9.97 Å². The third kappa shape index (κ3) is 1.99. The van der Waals surface area contributed by atoms with Crippen molar-refractivity contribution in [2.24, 2.45) is 0 Å². The van der Waals surface area contributed by atoms with Gasteiger partial charge in [-0.25, -0.2) is 4.39 Å². The van der Waals surface area contributed by atoms with Crippen LogP contribution in [0.2, 0.25) is 0 Å². The fourth-order valence-electron chi connectivity index (χ4n) is 1.37. The van der Waals surface area contributed by atoms with Gasteiger partial charge >= 0.3 is 0 Å². The smallest absolute Gasteiger partial charge is 0.142 e. The highest BCUT2D eigenvalue weighted by molar-refractivity contribution is 5.64. The van der Waals surface area contributed by atoms with Crippen molar-refractivity contribution in [3.63, 3.8) is 0 Å². The summed E-state index contributed by atoms with van der Waals surface area (Å²) in [6.45, 7) is -0.218. The highest BCUT2D eigenvalue weighted by Gasteiger charge is 2.07. The normalized spacial score (nSPS) is 10.3. The Balaban J connectivity index is 2.56. The zero-order chi connectivity index (χ0) is 10.7. The highest BCUT2D eigenvalue weighted by Crippen LogP contribution is 2.21. The summed E-state index contributed by atoms with van der Waals surface area (Å²) in [5.74, 6) is -0.425. The van der Waals surface area contributed by atoms with Gasteiger partial charge in [-0.2, -0.15) is 0 Å². The summed E-state index contributed by atoms with van der Waals surface area (Å²) in [5, 5.41) is 9.07. The van der Waals surface area contributed by atoms with E-state index in [9.17, 15) is 4.39 Å². The van der Waals surface area contributed by atoms with Crippen LogP contribution in [0, 0.1) is 5.82 Å². The maximum Gasteiger partial charge on any atom is 0.142 e. The molecule has 0 aliphatic carbocycles. The van der Waals surface area contributed by atoms with E-state index >= 15 is 0 Å². The lowest BCUT2D eigenvalue weighted by Crippen LogP contribution is -1.95. The summed E-state index contributed by atoms with van der Waals surface area (Å²) in [7, 11) is 0. The summed E-state index contributed by atoms with van der Waals surface area (Å²) < 4.78 is 13.0. The number of halogens is 1. The van der Waals surface area contributed by atoms with Crippen LogP contribution >= 0.6 is 0 Å². The van der Waals surface area contributed by atoms with Crippen LogP contribution in [0.5, 0.6) is 0 Å². The molecule has 0 radical (unpaired) electrons. The number of aromatic nitrogens is 2. The van der Waals surface area contributed by atoms with E-state index in [1.54, 1.807) is 24.5 Å². The molecular formula is C11H9FN2O. The molecule has 0 saturated heterocycles. The first-order valence-corrected chi connectivity index (χ1v) is 4.47. The van der Waals surface area contributed by atoms with Crippen LogP contribution in [0.4, 0.5) is 4.39 Å². The van der Waals surface area contributed by atoms with Gasteiger partial charge in [-0.15, -0.1) is 0 Å². The average Bonchev–Trinajstić information content (AvgIpc) is 2.30. The zero-order valence-corrected chi connectivity index (χ0v) is 7.89. The SMILES string of the molecule is OCc1ncc(F)cc1-c1cccnc1. The molecule has 0 saturated carbocycles. The number of rotatable bonds is 2. The van der Waals surface area contributed by atoms with E-state index < -0.39 is 5.82 Å². The molecule has 1 N–H and O–H groups in total. The molecule has 2 aromatic heterocycles. The third-order valence-corrected chi connectivity index (χ3v) is 2.06. The Morgan fingerprint density at radius 2 is 2.20 bits per heavy atom. The second kappa shape index (κ2) is 4.14. The Labute approximate surface area is 86.3 Å². The van der Waals surface area contributed by atoms with Gasteiger partial charge in [0.25, 0.3) is 0 Å². The van der Waals surface area contributed by atoms with Gasteiger partial charge in [0, 0.05) is 23.5 Å². The molecule has 0 aliphatic heterocycles. The summed E-state index contributed by atoms with van der Waals surface area (Å²) in [6, 6.07) is 4.89. The lowest BCUT2D eigenvalue weighted by Gasteiger charge is -2.05. The van der Waals surface area contributed by atoms with Crippen molar-refractivity contribution in [2.75, 3.05) is 0 Å². The monoisotopic (exact) mass is 204 g/mol. The second-order valence-electron chi connectivity index (χ2n) is 3.05. The molecule has 2 heterocycles. The van der Waals surface area contributed by atoms with Crippen LogP contribution in [0.3, 0.4) is 0 Å². The molecule has 4 heteroatoms. The molecule has 15 heavy (non-hydrogen) atoms. The van der Waals surface area contributed by atoms with E-state index in [4.69, 9.17) is 5.11 Å². The number of pyridine rings is 2. The van der Waals surface area contributed by atoms with Gasteiger partial charge < -0.3 is 5.11 Å². The maximum atomic E-state index is 13.0. The van der Waals surface area contributed by atoms with Crippen molar-refractivity contribution in [3.05, 3.63) is 48.3 Å². The number of hydrogen-bond acceptors (Lipinski definition) is 3. The van der Waals surface area contributed by atoms with Crippen molar-refractivity contribution < 1.29 is 9.50 Å². The largest absolute Gasteiger partial charge is 0.390 e. The van der Waals surface area contributed by atoms with Crippen LogP contribution in [0.15, 0.2) is 36.8 Å². The summed E-state index contributed by atoms with van der Waals surface area (Å²) in [4.78, 5) is 7.75. The molecule has 2 rings (SSSR count). The fourth-order valence-corrected chi connectivity index (χ4v) is 1.37. The molecule has 2 aromatic rings. The maximum absolute atomic E-state index is 13.0. The molecule has 0 spiro atoms. The molecule has 0 amide bonds. The van der Waals surface area contributed by atoms with E-state index in [2.05, 4.69) is 9.97 Å². The Bertz CT molecular complexity index is 459. The molecule has 0 bridgehead atoms. The number of aliphatic hydroxyl groups is 1. The summed E-state index contributed by atoms with van der Waals surface area (Å²) in [5.41, 5.74) is 1.77. The van der Waals surface area contributed by atoms with Crippen LogP contribution in [0.25, 0.3) is 11.1 Å². The predicted molar refractivity (Wildman–Crippen MR) is 53.3 cm³/mol. The van der Waals surface area contributed by atoms with E-state index in [0.717, 1.165) is 11.8 Å². The number of nitrogens with zero attached hydrogens (tertiary/aromatic N) is 2. The molecular weight excluding hydrogens is 195 g/mol. The Morgan fingerprint density at radius 3 is 2.87 bits per heavy atom. The summed E-state index contributed by atoms with van der Waals surface area (Å²) in [6.07, 6.45) is 4.33. The van der Waals surface area contributed by atoms with Crippen LogP contribution in [0.1, 0.15) is 5.69 Å². The van der Waals surface area contributed by atoms with Gasteiger partial charge in [0.2, 0.25) is 0 Å². The lowest BCUT2D eigenvalue weighted by molar-refractivity contribution is 0.277. The molecule has 0 aliphatic rings. The quantitative estimate of drug-likeness (QED) is 0.810. The molecule has 3 nitrogen and oxygen atoms in total. The highest BCUT2D eigenvalue weighted by atomic mass is 19.1. The third-order valence-electron chi connectivity index (χ3n) is 2.06. The van der Waals surface area contributed by atoms with Crippen molar-refractivity contribution in [3.8, 4) is 11.1 Å². The Hall–Kier alpha value is -1.81. The Morgan fingerprint density at radius 1 is 1.33 bits per heavy atom. The Kier molecular flexibility index (Phi) is 2.69. The first-order valence-electron chi connectivity index (χ1n) is 4.47. The van der Waals surface area contributed by atoms with E-state index in [1.807, 2.05) is 0 Å². The molecule has 0 atom stereocenters. The zero-order valence-electron chi connectivity index (χ0n) is 7.89. The predicted octanol–water partition coefficient (Wildman–Crippen LogP) is 1.77. The van der Waals surface area contributed by atoms with Crippen molar-refractivity contribution in [2.45, 2.75) is 6.61 Å². The summed E-state index contributed by atoms with van der Waals surface area (Å²) >= 11 is 0. The molecule has 0 unspecified atom stereocenters. The number of hydrogen-bond donors (Lipinski definition) is 1. The molecule has 0 aromatic carbocycles. The minimum absolute atomic E-state index is 0.218. The molecule has 76 valence electrons. The average molecular weight is 204 g/mol. The van der Waals surface area contributed by atoms with Gasteiger partial charge in [0.15, 0.2) is 0 Å². The van der Waals surface area contributed by atoms with E-state index in [1.165, 1.54) is 6.07 Å². The van der Waals surface area contributed by atoms with Crippen molar-refractivity contribution >= 4 is 0 Å².